The van der Waals surface area contributed by atoms with E-state index < -0.39 is 28.4 Å². The lowest BCUT2D eigenvalue weighted by molar-refractivity contribution is -0.384. The standard InChI is InChI=1S/C20H21ClO4.C19H21N.C14H10N4O5/c1-13(2)24-19(23)20(3,4)25-17-11-7-15(8-12-17)18(22)14-5-9-16(21)10-6-14;1-20-14-6-11-19-17-9-4-2-7-15(17)12-13-16-8-3-5-10-18(16)19;19-13-8-17(14(20)16-13)15-7-11-5-6-12(23-11)9-1-3-10(4-2-9)18(21)22/h5-13H,1-4H3;2-5,7-11,20H,6,12-14H2,1H3;1-7H,8H2,(H,16,19,20). The highest BCUT2D eigenvalue weighted by Crippen LogP contribution is 2.34. The molecule has 1 aliphatic carbocycles. The van der Waals surface area contributed by atoms with E-state index in [0.29, 0.717) is 39.0 Å². The number of ether oxygens (including phenoxy) is 2. The molecule has 1 aromatic heterocycles. The summed E-state index contributed by atoms with van der Waals surface area (Å²) in [6, 6.07) is 39.7. The molecule has 5 aromatic carbocycles. The summed E-state index contributed by atoms with van der Waals surface area (Å²) in [6.45, 7) is 7.74. The molecule has 0 saturated carbocycles. The molecule has 2 aliphatic rings. The number of nitrogens with zero attached hydrogens (tertiary/aromatic N) is 3. The van der Waals surface area contributed by atoms with E-state index in [9.17, 15) is 29.3 Å². The minimum atomic E-state index is -1.12. The van der Waals surface area contributed by atoms with Crippen molar-refractivity contribution in [3.05, 3.63) is 194 Å². The van der Waals surface area contributed by atoms with Crippen LogP contribution in [0.4, 0.5) is 10.5 Å². The number of aryl methyl sites for hydroxylation is 2. The number of furan rings is 1. The number of carbonyl (C=O) groups is 4. The summed E-state index contributed by atoms with van der Waals surface area (Å²) < 4.78 is 16.4. The van der Waals surface area contributed by atoms with Crippen LogP contribution in [0.25, 0.3) is 16.9 Å². The summed E-state index contributed by atoms with van der Waals surface area (Å²) in [6.07, 6.45) is 6.82. The average molecular weight is 938 g/mol. The Bertz CT molecular complexity index is 2750. The van der Waals surface area contributed by atoms with Gasteiger partial charge in [0, 0.05) is 33.8 Å². The molecule has 1 saturated heterocycles. The second-order valence-electron chi connectivity index (χ2n) is 16.4. The van der Waals surface area contributed by atoms with Crippen LogP contribution in [0.2, 0.25) is 5.02 Å². The van der Waals surface area contributed by atoms with Crippen LogP contribution in [0.15, 0.2) is 149 Å². The van der Waals surface area contributed by atoms with Crippen LogP contribution < -0.4 is 15.4 Å². The summed E-state index contributed by atoms with van der Waals surface area (Å²) in [5, 5.41) is 21.4. The Balaban J connectivity index is 0.000000169. The Morgan fingerprint density at radius 1 is 0.868 bits per heavy atom. The van der Waals surface area contributed by atoms with Crippen molar-refractivity contribution in [3.63, 3.8) is 0 Å². The lowest BCUT2D eigenvalue weighted by Crippen LogP contribution is -2.40. The molecule has 0 unspecified atom stereocenters. The Morgan fingerprint density at radius 3 is 2.00 bits per heavy atom. The quantitative estimate of drug-likeness (QED) is 0.0215. The first-order chi connectivity index (χ1) is 32.6. The normalized spacial score (nSPS) is 13.0. The number of benzene rings is 5. The molecule has 14 nitrogen and oxygen atoms in total. The van der Waals surface area contributed by atoms with Gasteiger partial charge in [-0.25, -0.2) is 14.6 Å². The van der Waals surface area contributed by atoms with Crippen LogP contribution in [0.5, 0.6) is 5.75 Å². The second-order valence-corrected chi connectivity index (χ2v) is 16.8. The van der Waals surface area contributed by atoms with E-state index in [1.165, 1.54) is 46.2 Å². The van der Waals surface area contributed by atoms with Crippen LogP contribution in [0.3, 0.4) is 0 Å². The van der Waals surface area contributed by atoms with Crippen molar-refractivity contribution in [2.24, 2.45) is 5.10 Å². The summed E-state index contributed by atoms with van der Waals surface area (Å²) >= 11 is 5.84. The molecule has 0 radical (unpaired) electrons. The number of carbonyl (C=O) groups excluding carboxylic acids is 4. The molecule has 8 rings (SSSR count). The van der Waals surface area contributed by atoms with Gasteiger partial charge >= 0.3 is 12.0 Å². The van der Waals surface area contributed by atoms with Gasteiger partial charge in [0.2, 0.25) is 5.91 Å². The number of rotatable bonds is 13. The summed E-state index contributed by atoms with van der Waals surface area (Å²) in [7, 11) is 2.01. The van der Waals surface area contributed by atoms with E-state index in [4.69, 9.17) is 25.5 Å². The number of amides is 3. The number of ketones is 1. The third-order valence-corrected chi connectivity index (χ3v) is 10.8. The monoisotopic (exact) mass is 937 g/mol. The second kappa shape index (κ2) is 23.2. The van der Waals surface area contributed by atoms with E-state index in [1.807, 2.05) is 7.05 Å². The van der Waals surface area contributed by atoms with Crippen LogP contribution in [-0.2, 0) is 27.2 Å². The molecular formula is C53H52ClN5O9. The van der Waals surface area contributed by atoms with Gasteiger partial charge < -0.3 is 19.2 Å². The van der Waals surface area contributed by atoms with Crippen LogP contribution in [-0.4, -0.2) is 71.7 Å². The van der Waals surface area contributed by atoms with Crippen LogP contribution >= 0.6 is 11.6 Å². The van der Waals surface area contributed by atoms with Gasteiger partial charge in [-0.3, -0.25) is 25.0 Å². The first-order valence-corrected chi connectivity index (χ1v) is 22.3. The number of nitro groups is 1. The maximum atomic E-state index is 12.4. The van der Waals surface area contributed by atoms with Crippen molar-refractivity contribution >= 4 is 52.8 Å². The fourth-order valence-electron chi connectivity index (χ4n) is 7.11. The van der Waals surface area contributed by atoms with Gasteiger partial charge in [-0.15, -0.1) is 0 Å². The largest absolute Gasteiger partial charge is 0.476 e. The molecule has 0 atom stereocenters. The van der Waals surface area contributed by atoms with Gasteiger partial charge in [0.1, 0.15) is 23.8 Å². The smallest absolute Gasteiger partial charge is 0.350 e. The Labute approximate surface area is 399 Å². The summed E-state index contributed by atoms with van der Waals surface area (Å²) in [5.41, 5.74) is 7.79. The predicted octanol–water partition coefficient (Wildman–Crippen LogP) is 10.2. The predicted molar refractivity (Wildman–Crippen MR) is 262 cm³/mol. The van der Waals surface area contributed by atoms with Crippen molar-refractivity contribution < 1.29 is 38.0 Å². The van der Waals surface area contributed by atoms with E-state index in [2.05, 4.69) is 70.3 Å². The minimum Gasteiger partial charge on any atom is -0.476 e. The van der Waals surface area contributed by atoms with Crippen molar-refractivity contribution in [2.75, 3.05) is 20.1 Å². The van der Waals surface area contributed by atoms with Crippen molar-refractivity contribution in [3.8, 4) is 17.1 Å². The van der Waals surface area contributed by atoms with Crippen molar-refractivity contribution in [1.82, 2.24) is 15.6 Å². The highest BCUT2D eigenvalue weighted by molar-refractivity contribution is 6.30. The fourth-order valence-corrected chi connectivity index (χ4v) is 7.23. The van der Waals surface area contributed by atoms with Crippen molar-refractivity contribution in [1.29, 1.82) is 0 Å². The van der Waals surface area contributed by atoms with Gasteiger partial charge in [0.25, 0.3) is 5.69 Å². The van der Waals surface area contributed by atoms with Gasteiger partial charge in [0.05, 0.1) is 17.2 Å². The lowest BCUT2D eigenvalue weighted by Gasteiger charge is -2.25. The number of hydrazone groups is 1. The van der Waals surface area contributed by atoms with Crippen LogP contribution in [0, 0.1) is 10.1 Å². The Kier molecular flexibility index (Phi) is 16.9. The van der Waals surface area contributed by atoms with Crippen LogP contribution in [0.1, 0.15) is 78.1 Å². The zero-order chi connectivity index (χ0) is 48.8. The van der Waals surface area contributed by atoms with Crippen molar-refractivity contribution in [2.45, 2.75) is 58.7 Å². The van der Waals surface area contributed by atoms with E-state index in [0.717, 1.165) is 30.8 Å². The molecular weight excluding hydrogens is 886 g/mol. The third-order valence-electron chi connectivity index (χ3n) is 10.5. The number of non-ortho nitro benzene ring substituents is 1. The molecule has 3 amide bonds. The van der Waals surface area contributed by atoms with Gasteiger partial charge in [-0.2, -0.15) is 5.10 Å². The molecule has 1 aliphatic heterocycles. The van der Waals surface area contributed by atoms with Gasteiger partial charge in [0.15, 0.2) is 11.4 Å². The molecule has 2 N–H and O–H groups in total. The number of nitro benzene ring substituents is 1. The molecule has 350 valence electrons. The highest BCUT2D eigenvalue weighted by Gasteiger charge is 2.32. The van der Waals surface area contributed by atoms with E-state index in [1.54, 1.807) is 100 Å². The molecule has 6 aromatic rings. The van der Waals surface area contributed by atoms with Gasteiger partial charge in [-0.05, 0) is 161 Å². The molecule has 0 spiro atoms. The first kappa shape index (κ1) is 49.7. The number of imide groups is 1. The number of hydrogen-bond donors (Lipinski definition) is 2. The molecule has 15 heteroatoms. The number of fused-ring (bicyclic) bond motifs is 2. The summed E-state index contributed by atoms with van der Waals surface area (Å²) in [4.78, 5) is 57.0. The summed E-state index contributed by atoms with van der Waals surface area (Å²) in [5.74, 6) is 0.399. The minimum absolute atomic E-state index is 0.00759. The highest BCUT2D eigenvalue weighted by atomic mass is 35.5. The SMILES string of the molecule is CC(C)OC(=O)C(C)(C)Oc1ccc(C(=O)c2ccc(Cl)cc2)cc1.CNCCC=C1c2ccccc2CCc2ccccc21.O=C1CN(N=Cc2ccc(-c3ccc([N+](=O)[O-])cc3)o2)C(=O)N1. The molecule has 2 heterocycles. The Morgan fingerprint density at radius 2 is 1.46 bits per heavy atom. The maximum absolute atomic E-state index is 12.4. The molecule has 68 heavy (non-hydrogen) atoms. The topological polar surface area (TPSA) is 183 Å². The average Bonchev–Trinajstić information content (AvgIpc) is 3.90. The molecule has 1 fully saturated rings. The number of nitrogens with one attached hydrogen (secondary N) is 2. The Hall–Kier alpha value is -7.68. The molecule has 0 bridgehead atoms. The maximum Gasteiger partial charge on any atom is 0.350 e. The fraction of sp³-hybridized carbons (Fsp3) is 0.226. The lowest BCUT2D eigenvalue weighted by atomic mass is 9.93. The number of urea groups is 1. The van der Waals surface area contributed by atoms with E-state index in [-0.39, 0.29) is 24.1 Å². The number of halogens is 1. The number of esters is 1. The zero-order valence-electron chi connectivity index (χ0n) is 38.4. The first-order valence-electron chi connectivity index (χ1n) is 21.9. The third kappa shape index (κ3) is 13.5. The number of hydrogen-bond acceptors (Lipinski definition) is 11. The van der Waals surface area contributed by atoms with E-state index >= 15 is 0 Å². The van der Waals surface area contributed by atoms with Gasteiger partial charge in [-0.1, -0.05) is 66.2 Å². The zero-order valence-corrected chi connectivity index (χ0v) is 39.1.